The lowest BCUT2D eigenvalue weighted by Gasteiger charge is -2.29. The van der Waals surface area contributed by atoms with Gasteiger partial charge in [0.2, 0.25) is 5.91 Å². The number of hydrogen-bond acceptors (Lipinski definition) is 5. The molecular weight excluding hydrogens is 448 g/mol. The van der Waals surface area contributed by atoms with E-state index >= 15 is 0 Å². The lowest BCUT2D eigenvalue weighted by Crippen LogP contribution is -2.61. The van der Waals surface area contributed by atoms with E-state index in [4.69, 9.17) is 9.47 Å². The molecule has 2 unspecified atom stereocenters. The van der Waals surface area contributed by atoms with Gasteiger partial charge in [0.15, 0.2) is 0 Å². The molecule has 1 saturated heterocycles. The Morgan fingerprint density at radius 2 is 1.69 bits per heavy atom. The van der Waals surface area contributed by atoms with E-state index in [1.54, 1.807) is 0 Å². The molecule has 1 fully saturated rings. The second kappa shape index (κ2) is 10.5. The monoisotopic (exact) mass is 480 g/mol. The van der Waals surface area contributed by atoms with Crippen molar-refractivity contribution in [1.29, 1.82) is 0 Å². The summed E-state index contributed by atoms with van der Waals surface area (Å²) < 4.78 is 11.0. The van der Waals surface area contributed by atoms with Crippen molar-refractivity contribution in [2.75, 3.05) is 19.8 Å². The van der Waals surface area contributed by atoms with Gasteiger partial charge in [-0.05, 0) is 41.0 Å². The Morgan fingerprint density at radius 3 is 2.23 bits per heavy atom. The SMILES string of the molecule is CC(C)CCC(NC(=O)C1(NC(=O)OCC2c3ccccc3-c3ccccc32)CCOC1)C(=O)O. The Kier molecular flexibility index (Phi) is 7.40. The van der Waals surface area contributed by atoms with Crippen LogP contribution in [0.15, 0.2) is 48.5 Å². The van der Waals surface area contributed by atoms with Crippen LogP contribution in [0.25, 0.3) is 11.1 Å². The van der Waals surface area contributed by atoms with Crippen LogP contribution in [0.1, 0.15) is 50.2 Å². The number of carbonyl (C=O) groups excluding carboxylic acids is 2. The molecule has 0 aromatic heterocycles. The van der Waals surface area contributed by atoms with E-state index < -0.39 is 29.6 Å². The highest BCUT2D eigenvalue weighted by atomic mass is 16.6. The van der Waals surface area contributed by atoms with E-state index in [-0.39, 0.29) is 32.2 Å². The van der Waals surface area contributed by atoms with Crippen LogP contribution in [0.4, 0.5) is 4.79 Å². The van der Waals surface area contributed by atoms with Crippen molar-refractivity contribution in [2.45, 2.75) is 50.6 Å². The van der Waals surface area contributed by atoms with Crippen LogP contribution in [-0.2, 0) is 19.1 Å². The van der Waals surface area contributed by atoms with E-state index in [0.29, 0.717) is 18.8 Å². The van der Waals surface area contributed by atoms with Gasteiger partial charge in [0.05, 0.1) is 6.61 Å². The molecule has 8 heteroatoms. The number of hydrogen-bond donors (Lipinski definition) is 3. The van der Waals surface area contributed by atoms with Gasteiger partial charge in [0.1, 0.15) is 18.2 Å². The van der Waals surface area contributed by atoms with Crippen molar-refractivity contribution in [3.8, 4) is 11.1 Å². The molecule has 2 aromatic rings. The van der Waals surface area contributed by atoms with Crippen LogP contribution in [-0.4, -0.2) is 54.5 Å². The Balaban J connectivity index is 1.42. The van der Waals surface area contributed by atoms with Crippen LogP contribution in [0, 0.1) is 5.92 Å². The van der Waals surface area contributed by atoms with Crippen LogP contribution >= 0.6 is 0 Å². The van der Waals surface area contributed by atoms with Gasteiger partial charge in [-0.2, -0.15) is 0 Å². The molecule has 3 N–H and O–H groups in total. The number of fused-ring (bicyclic) bond motifs is 3. The fourth-order valence-corrected chi connectivity index (χ4v) is 4.78. The van der Waals surface area contributed by atoms with Crippen molar-refractivity contribution in [3.05, 3.63) is 59.7 Å². The number of nitrogens with one attached hydrogen (secondary N) is 2. The second-order valence-electron chi connectivity index (χ2n) is 9.67. The van der Waals surface area contributed by atoms with Crippen LogP contribution in [0.3, 0.4) is 0 Å². The number of amides is 2. The summed E-state index contributed by atoms with van der Waals surface area (Å²) in [5.74, 6) is -1.48. The third-order valence-electron chi connectivity index (χ3n) is 6.78. The van der Waals surface area contributed by atoms with Crippen molar-refractivity contribution >= 4 is 18.0 Å². The standard InChI is InChI=1S/C27H32N2O6/c1-17(2)11-12-23(24(30)31)28-25(32)27(13-14-34-16-27)29-26(33)35-15-22-20-9-5-3-7-18(20)19-8-4-6-10-21(19)22/h3-10,17,22-23H,11-16H2,1-2H3,(H,28,32)(H,29,33)(H,30,31). The first-order valence-electron chi connectivity index (χ1n) is 12.1. The summed E-state index contributed by atoms with van der Waals surface area (Å²) in [7, 11) is 0. The molecule has 4 rings (SSSR count). The number of rotatable bonds is 9. The molecule has 0 saturated carbocycles. The molecule has 2 aliphatic rings. The summed E-state index contributed by atoms with van der Waals surface area (Å²) in [6, 6.07) is 15.0. The molecule has 0 bridgehead atoms. The first-order chi connectivity index (χ1) is 16.8. The average molecular weight is 481 g/mol. The molecule has 1 heterocycles. The maximum Gasteiger partial charge on any atom is 0.408 e. The summed E-state index contributed by atoms with van der Waals surface area (Å²) in [6.07, 6.45) is 0.461. The Labute approximate surface area is 205 Å². The van der Waals surface area contributed by atoms with Gasteiger partial charge < -0.3 is 25.2 Å². The fraction of sp³-hybridized carbons (Fsp3) is 0.444. The van der Waals surface area contributed by atoms with Gasteiger partial charge in [-0.3, -0.25) is 4.79 Å². The third-order valence-corrected chi connectivity index (χ3v) is 6.78. The number of aliphatic carboxylic acids is 1. The zero-order valence-corrected chi connectivity index (χ0v) is 20.1. The van der Waals surface area contributed by atoms with Crippen molar-refractivity contribution < 1.29 is 29.0 Å². The summed E-state index contributed by atoms with van der Waals surface area (Å²) >= 11 is 0. The van der Waals surface area contributed by atoms with Gasteiger partial charge in [0.25, 0.3) is 0 Å². The predicted molar refractivity (Wildman–Crippen MR) is 130 cm³/mol. The molecule has 186 valence electrons. The maximum absolute atomic E-state index is 13.1. The fourth-order valence-electron chi connectivity index (χ4n) is 4.78. The maximum atomic E-state index is 13.1. The highest BCUT2D eigenvalue weighted by Gasteiger charge is 2.45. The largest absolute Gasteiger partial charge is 0.480 e. The van der Waals surface area contributed by atoms with E-state index in [2.05, 4.69) is 22.8 Å². The molecule has 1 aliphatic carbocycles. The first-order valence-corrected chi connectivity index (χ1v) is 12.1. The van der Waals surface area contributed by atoms with Gasteiger partial charge >= 0.3 is 12.1 Å². The number of carboxylic acid groups (broad SMARTS) is 1. The molecule has 35 heavy (non-hydrogen) atoms. The molecular formula is C27H32N2O6. The lowest BCUT2D eigenvalue weighted by molar-refractivity contribution is -0.143. The minimum Gasteiger partial charge on any atom is -0.480 e. The summed E-state index contributed by atoms with van der Waals surface area (Å²) in [4.78, 5) is 37.6. The number of alkyl carbamates (subject to hydrolysis) is 1. The topological polar surface area (TPSA) is 114 Å². The van der Waals surface area contributed by atoms with Gasteiger partial charge in [-0.25, -0.2) is 9.59 Å². The summed E-state index contributed by atoms with van der Waals surface area (Å²) in [5, 5.41) is 14.8. The lowest BCUT2D eigenvalue weighted by atomic mass is 9.96. The molecule has 8 nitrogen and oxygen atoms in total. The van der Waals surface area contributed by atoms with Crippen LogP contribution in [0.5, 0.6) is 0 Å². The summed E-state index contributed by atoms with van der Waals surface area (Å²) in [6.45, 7) is 4.34. The third kappa shape index (κ3) is 5.32. The van der Waals surface area contributed by atoms with Crippen LogP contribution in [0.2, 0.25) is 0 Å². The number of ether oxygens (including phenoxy) is 2. The number of benzene rings is 2. The Bertz CT molecular complexity index is 1050. The highest BCUT2D eigenvalue weighted by molar-refractivity contribution is 5.93. The average Bonchev–Trinajstić information content (AvgIpc) is 3.43. The minimum atomic E-state index is -1.37. The Morgan fingerprint density at radius 1 is 1.06 bits per heavy atom. The normalized spacial score (nSPS) is 19.6. The molecule has 1 aliphatic heterocycles. The van der Waals surface area contributed by atoms with Crippen molar-refractivity contribution in [1.82, 2.24) is 10.6 Å². The smallest absolute Gasteiger partial charge is 0.408 e. The molecule has 2 aromatic carbocycles. The van der Waals surface area contributed by atoms with Crippen LogP contribution < -0.4 is 10.6 Å². The van der Waals surface area contributed by atoms with Gasteiger partial charge in [0, 0.05) is 18.9 Å². The molecule has 0 spiro atoms. The van der Waals surface area contributed by atoms with Crippen molar-refractivity contribution in [2.24, 2.45) is 5.92 Å². The van der Waals surface area contributed by atoms with Crippen molar-refractivity contribution in [3.63, 3.8) is 0 Å². The number of carbonyl (C=O) groups is 3. The second-order valence-corrected chi connectivity index (χ2v) is 9.67. The summed E-state index contributed by atoms with van der Waals surface area (Å²) in [5.41, 5.74) is 3.06. The van der Waals surface area contributed by atoms with E-state index in [9.17, 15) is 19.5 Å². The van der Waals surface area contributed by atoms with Gasteiger partial charge in [-0.15, -0.1) is 0 Å². The minimum absolute atomic E-state index is 0.0421. The highest BCUT2D eigenvalue weighted by Crippen LogP contribution is 2.44. The van der Waals surface area contributed by atoms with E-state index in [1.165, 1.54) is 0 Å². The quantitative estimate of drug-likeness (QED) is 0.504. The number of carboxylic acids is 1. The predicted octanol–water partition coefficient (Wildman–Crippen LogP) is 3.69. The zero-order valence-electron chi connectivity index (χ0n) is 20.1. The molecule has 2 atom stereocenters. The van der Waals surface area contributed by atoms with E-state index in [0.717, 1.165) is 22.3 Å². The Hall–Kier alpha value is -3.39. The first kappa shape index (κ1) is 24.7. The van der Waals surface area contributed by atoms with Gasteiger partial charge in [-0.1, -0.05) is 62.4 Å². The molecule has 0 radical (unpaired) electrons. The zero-order chi connectivity index (χ0) is 25.0. The van der Waals surface area contributed by atoms with E-state index in [1.807, 2.05) is 50.2 Å². The molecule has 2 amide bonds.